The van der Waals surface area contributed by atoms with Crippen LogP contribution < -0.4 is 10.6 Å². The SMILES string of the molecule is CC(C)CC[C@@H](C)NC(=O)CSc1nnc(NCc2ccccc2)s1. The zero-order valence-electron chi connectivity index (χ0n) is 15.0. The van der Waals surface area contributed by atoms with Gasteiger partial charge in [-0.05, 0) is 31.2 Å². The summed E-state index contributed by atoms with van der Waals surface area (Å²) in [5.41, 5.74) is 1.20. The maximum atomic E-state index is 12.0. The van der Waals surface area contributed by atoms with E-state index in [0.29, 0.717) is 18.2 Å². The Labute approximate surface area is 158 Å². The highest BCUT2D eigenvalue weighted by molar-refractivity contribution is 8.01. The molecule has 0 fully saturated rings. The zero-order chi connectivity index (χ0) is 18.1. The quantitative estimate of drug-likeness (QED) is 0.607. The van der Waals surface area contributed by atoms with Crippen LogP contribution in [0.2, 0.25) is 0 Å². The summed E-state index contributed by atoms with van der Waals surface area (Å²) >= 11 is 2.91. The largest absolute Gasteiger partial charge is 0.356 e. The molecule has 1 amide bonds. The summed E-state index contributed by atoms with van der Waals surface area (Å²) in [5, 5.41) is 15.3. The Morgan fingerprint density at radius 3 is 2.64 bits per heavy atom. The highest BCUT2D eigenvalue weighted by atomic mass is 32.2. The lowest BCUT2D eigenvalue weighted by molar-refractivity contribution is -0.119. The average Bonchev–Trinajstić information content (AvgIpc) is 3.05. The van der Waals surface area contributed by atoms with Gasteiger partial charge in [-0.3, -0.25) is 4.79 Å². The minimum absolute atomic E-state index is 0.0512. The number of nitrogens with one attached hydrogen (secondary N) is 2. The van der Waals surface area contributed by atoms with Gasteiger partial charge in [0.1, 0.15) is 0 Å². The number of hydrogen-bond donors (Lipinski definition) is 2. The van der Waals surface area contributed by atoms with Gasteiger partial charge in [0.15, 0.2) is 4.34 Å². The van der Waals surface area contributed by atoms with E-state index in [-0.39, 0.29) is 11.9 Å². The van der Waals surface area contributed by atoms with E-state index in [1.165, 1.54) is 28.7 Å². The van der Waals surface area contributed by atoms with Gasteiger partial charge >= 0.3 is 0 Å². The summed E-state index contributed by atoms with van der Waals surface area (Å²) in [7, 11) is 0. The molecule has 0 unspecified atom stereocenters. The number of benzene rings is 1. The first-order chi connectivity index (χ1) is 12.0. The predicted molar refractivity (Wildman–Crippen MR) is 106 cm³/mol. The van der Waals surface area contributed by atoms with Crippen molar-refractivity contribution in [2.45, 2.75) is 50.5 Å². The number of anilines is 1. The standard InChI is InChI=1S/C18H26N4OS2/c1-13(2)9-10-14(3)20-16(23)12-24-18-22-21-17(25-18)19-11-15-7-5-4-6-8-15/h4-8,13-14H,9-12H2,1-3H3,(H,19,21)(H,20,23)/t14-/m1/s1. The van der Waals surface area contributed by atoms with E-state index in [4.69, 9.17) is 0 Å². The van der Waals surface area contributed by atoms with Gasteiger partial charge in [0.25, 0.3) is 0 Å². The van der Waals surface area contributed by atoms with Crippen LogP contribution in [0, 0.1) is 5.92 Å². The number of hydrogen-bond acceptors (Lipinski definition) is 6. The van der Waals surface area contributed by atoms with Crippen molar-refractivity contribution in [2.24, 2.45) is 5.92 Å². The van der Waals surface area contributed by atoms with Crippen molar-refractivity contribution < 1.29 is 4.79 Å². The topological polar surface area (TPSA) is 66.9 Å². The second kappa shape index (κ2) is 10.4. The van der Waals surface area contributed by atoms with E-state index >= 15 is 0 Å². The highest BCUT2D eigenvalue weighted by Gasteiger charge is 2.11. The molecule has 0 aliphatic rings. The molecule has 0 saturated heterocycles. The molecule has 0 bridgehead atoms. The molecule has 2 aromatic rings. The molecule has 2 N–H and O–H groups in total. The van der Waals surface area contributed by atoms with Crippen LogP contribution in [0.4, 0.5) is 5.13 Å². The number of carbonyl (C=O) groups is 1. The van der Waals surface area contributed by atoms with Gasteiger partial charge < -0.3 is 10.6 Å². The molecule has 0 spiro atoms. The molecule has 0 saturated carbocycles. The molecule has 0 radical (unpaired) electrons. The van der Waals surface area contributed by atoms with Crippen LogP contribution in [0.25, 0.3) is 0 Å². The minimum atomic E-state index is 0.0512. The number of thioether (sulfide) groups is 1. The third kappa shape index (κ3) is 7.88. The average molecular weight is 379 g/mol. The monoisotopic (exact) mass is 378 g/mol. The predicted octanol–water partition coefficient (Wildman–Crippen LogP) is 4.18. The van der Waals surface area contributed by atoms with Crippen molar-refractivity contribution in [1.82, 2.24) is 15.5 Å². The summed E-state index contributed by atoms with van der Waals surface area (Å²) in [6.07, 6.45) is 2.14. The van der Waals surface area contributed by atoms with Crippen LogP contribution >= 0.6 is 23.1 Å². The summed E-state index contributed by atoms with van der Waals surface area (Å²) < 4.78 is 0.806. The van der Waals surface area contributed by atoms with E-state index in [2.05, 4.69) is 53.7 Å². The molecule has 1 atom stereocenters. The molecule has 1 heterocycles. The van der Waals surface area contributed by atoms with Gasteiger partial charge in [0.05, 0.1) is 5.75 Å². The van der Waals surface area contributed by atoms with Gasteiger partial charge in [-0.2, -0.15) is 0 Å². The number of amides is 1. The van der Waals surface area contributed by atoms with E-state index in [1.54, 1.807) is 0 Å². The molecule has 2 rings (SSSR count). The first kappa shape index (κ1) is 19.7. The molecular weight excluding hydrogens is 352 g/mol. The zero-order valence-corrected chi connectivity index (χ0v) is 16.6. The molecule has 0 aliphatic carbocycles. The van der Waals surface area contributed by atoms with Crippen molar-refractivity contribution in [3.8, 4) is 0 Å². The number of carbonyl (C=O) groups excluding carboxylic acids is 1. The van der Waals surface area contributed by atoms with Crippen LogP contribution in [0.5, 0.6) is 0 Å². The van der Waals surface area contributed by atoms with Crippen LogP contribution in [-0.2, 0) is 11.3 Å². The maximum absolute atomic E-state index is 12.0. The van der Waals surface area contributed by atoms with Gasteiger partial charge in [0, 0.05) is 12.6 Å². The lowest BCUT2D eigenvalue weighted by Gasteiger charge is -2.14. The molecule has 1 aromatic carbocycles. The molecule has 1 aromatic heterocycles. The molecule has 136 valence electrons. The Kier molecular flexibility index (Phi) is 8.21. The van der Waals surface area contributed by atoms with Crippen molar-refractivity contribution >= 4 is 34.1 Å². The van der Waals surface area contributed by atoms with Crippen LogP contribution in [-0.4, -0.2) is 27.9 Å². The number of aromatic nitrogens is 2. The molecule has 7 heteroatoms. The van der Waals surface area contributed by atoms with Crippen LogP contribution in [0.3, 0.4) is 0 Å². The van der Waals surface area contributed by atoms with Crippen molar-refractivity contribution in [3.05, 3.63) is 35.9 Å². The summed E-state index contributed by atoms with van der Waals surface area (Å²) in [4.78, 5) is 12.0. The highest BCUT2D eigenvalue weighted by Crippen LogP contribution is 2.25. The van der Waals surface area contributed by atoms with E-state index in [1.807, 2.05) is 18.2 Å². The molecular formula is C18H26N4OS2. The fourth-order valence-electron chi connectivity index (χ4n) is 2.21. The van der Waals surface area contributed by atoms with Crippen LogP contribution in [0.15, 0.2) is 34.7 Å². The van der Waals surface area contributed by atoms with E-state index < -0.39 is 0 Å². The molecule has 0 aliphatic heterocycles. The van der Waals surface area contributed by atoms with Crippen molar-refractivity contribution in [1.29, 1.82) is 0 Å². The normalized spacial score (nSPS) is 12.2. The maximum Gasteiger partial charge on any atom is 0.230 e. The number of rotatable bonds is 10. The summed E-state index contributed by atoms with van der Waals surface area (Å²) in [6.45, 7) is 7.17. The fraction of sp³-hybridized carbons (Fsp3) is 0.500. The van der Waals surface area contributed by atoms with Gasteiger partial charge in [-0.25, -0.2) is 0 Å². The van der Waals surface area contributed by atoms with E-state index in [9.17, 15) is 4.79 Å². The Morgan fingerprint density at radius 2 is 1.92 bits per heavy atom. The Morgan fingerprint density at radius 1 is 1.16 bits per heavy atom. The lowest BCUT2D eigenvalue weighted by Crippen LogP contribution is -2.33. The first-order valence-electron chi connectivity index (χ1n) is 8.56. The summed E-state index contributed by atoms with van der Waals surface area (Å²) in [6, 6.07) is 10.4. The summed E-state index contributed by atoms with van der Waals surface area (Å²) in [5.74, 6) is 1.09. The Bertz CT molecular complexity index is 646. The van der Waals surface area contributed by atoms with Gasteiger partial charge in [-0.1, -0.05) is 67.3 Å². The Balaban J connectivity index is 1.69. The second-order valence-corrected chi connectivity index (χ2v) is 8.64. The van der Waals surface area contributed by atoms with E-state index in [0.717, 1.165) is 22.3 Å². The smallest absolute Gasteiger partial charge is 0.230 e. The number of nitrogens with zero attached hydrogens (tertiary/aromatic N) is 2. The van der Waals surface area contributed by atoms with Gasteiger partial charge in [-0.15, -0.1) is 10.2 Å². The van der Waals surface area contributed by atoms with Crippen molar-refractivity contribution in [3.63, 3.8) is 0 Å². The third-order valence-corrected chi connectivity index (χ3v) is 5.62. The Hall–Kier alpha value is -1.60. The third-order valence-electron chi connectivity index (χ3n) is 3.60. The molecule has 25 heavy (non-hydrogen) atoms. The first-order valence-corrected chi connectivity index (χ1v) is 10.4. The van der Waals surface area contributed by atoms with Crippen molar-refractivity contribution in [2.75, 3.05) is 11.1 Å². The molecule has 5 nitrogen and oxygen atoms in total. The lowest BCUT2D eigenvalue weighted by atomic mass is 10.0. The minimum Gasteiger partial charge on any atom is -0.356 e. The fourth-order valence-corrected chi connectivity index (χ4v) is 3.77. The van der Waals surface area contributed by atoms with Crippen LogP contribution in [0.1, 0.15) is 39.2 Å². The van der Waals surface area contributed by atoms with Gasteiger partial charge in [0.2, 0.25) is 11.0 Å². The second-order valence-electron chi connectivity index (χ2n) is 6.44.